The summed E-state index contributed by atoms with van der Waals surface area (Å²) < 4.78 is 0. The van der Waals surface area contributed by atoms with Gasteiger partial charge in [-0.1, -0.05) is 0 Å². The second-order valence-electron chi connectivity index (χ2n) is 3.84. The zero-order valence-electron chi connectivity index (χ0n) is 10.3. The van der Waals surface area contributed by atoms with Crippen molar-refractivity contribution in [2.75, 3.05) is 26.2 Å². The number of carboxylic acids is 2. The van der Waals surface area contributed by atoms with Gasteiger partial charge in [-0.05, 0) is 0 Å². The third-order valence-corrected chi connectivity index (χ3v) is 2.32. The van der Waals surface area contributed by atoms with Crippen LogP contribution < -0.4 is 5.32 Å². The van der Waals surface area contributed by atoms with Crippen LogP contribution in [-0.4, -0.2) is 75.6 Å². The lowest BCUT2D eigenvalue weighted by molar-refractivity contribution is -0.138. The summed E-state index contributed by atoms with van der Waals surface area (Å²) in [5.41, 5.74) is 0. The maximum absolute atomic E-state index is 10.8. The van der Waals surface area contributed by atoms with Crippen molar-refractivity contribution >= 4 is 18.0 Å². The molecule has 0 heterocycles. The maximum atomic E-state index is 10.8. The topological polar surface area (TPSA) is 147 Å². The lowest BCUT2D eigenvalue weighted by Gasteiger charge is -2.20. The van der Waals surface area contributed by atoms with E-state index in [2.05, 4.69) is 5.32 Å². The normalized spacial score (nSPS) is 11.8. The average Bonchev–Trinajstić information content (AvgIpc) is 2.30. The zero-order chi connectivity index (χ0) is 14.8. The second kappa shape index (κ2) is 9.11. The van der Waals surface area contributed by atoms with Gasteiger partial charge in [-0.2, -0.15) is 0 Å². The van der Waals surface area contributed by atoms with Crippen molar-refractivity contribution in [1.29, 1.82) is 0 Å². The summed E-state index contributed by atoms with van der Waals surface area (Å²) in [6, 6.07) is -0.660. The van der Waals surface area contributed by atoms with Gasteiger partial charge in [0.15, 0.2) is 0 Å². The van der Waals surface area contributed by atoms with E-state index in [0.29, 0.717) is 0 Å². The van der Waals surface area contributed by atoms with Crippen LogP contribution in [0.3, 0.4) is 0 Å². The van der Waals surface area contributed by atoms with Gasteiger partial charge in [0, 0.05) is 25.7 Å². The van der Waals surface area contributed by atoms with E-state index in [1.165, 1.54) is 0 Å². The molecule has 1 unspecified atom stereocenters. The Hall–Kier alpha value is -1.87. The van der Waals surface area contributed by atoms with Gasteiger partial charge in [0.05, 0.1) is 19.4 Å². The molecule has 0 aliphatic rings. The van der Waals surface area contributed by atoms with Crippen LogP contribution in [0.5, 0.6) is 0 Å². The van der Waals surface area contributed by atoms with Gasteiger partial charge in [0.2, 0.25) is 0 Å². The minimum Gasteiger partial charge on any atom is -0.481 e. The van der Waals surface area contributed by atoms with Crippen molar-refractivity contribution in [1.82, 2.24) is 10.2 Å². The Morgan fingerprint density at radius 3 is 2.11 bits per heavy atom. The van der Waals surface area contributed by atoms with Gasteiger partial charge < -0.3 is 30.6 Å². The van der Waals surface area contributed by atoms with Crippen LogP contribution in [0, 0.1) is 0 Å². The fourth-order valence-corrected chi connectivity index (χ4v) is 1.35. The van der Waals surface area contributed by atoms with Crippen molar-refractivity contribution in [3.05, 3.63) is 0 Å². The van der Waals surface area contributed by atoms with E-state index in [1.54, 1.807) is 0 Å². The summed E-state index contributed by atoms with van der Waals surface area (Å²) in [7, 11) is 0. The molecule has 0 saturated carbocycles. The van der Waals surface area contributed by atoms with Crippen LogP contribution in [0.4, 0.5) is 4.79 Å². The molecule has 5 N–H and O–H groups in total. The highest BCUT2D eigenvalue weighted by Gasteiger charge is 2.15. The Bertz CT molecular complexity index is 321. The second-order valence-corrected chi connectivity index (χ2v) is 3.84. The van der Waals surface area contributed by atoms with E-state index < -0.39 is 24.1 Å². The molecule has 19 heavy (non-hydrogen) atoms. The molecule has 1 amide bonds. The third-order valence-electron chi connectivity index (χ3n) is 2.32. The van der Waals surface area contributed by atoms with Gasteiger partial charge in [-0.25, -0.2) is 4.79 Å². The Morgan fingerprint density at radius 2 is 1.68 bits per heavy atom. The first-order chi connectivity index (χ1) is 8.86. The lowest BCUT2D eigenvalue weighted by atomic mass is 10.2. The third kappa shape index (κ3) is 8.80. The number of aliphatic carboxylic acids is 2. The van der Waals surface area contributed by atoms with Crippen molar-refractivity contribution in [2.45, 2.75) is 18.9 Å². The number of amides is 1. The van der Waals surface area contributed by atoms with Crippen molar-refractivity contribution in [2.24, 2.45) is 0 Å². The lowest BCUT2D eigenvalue weighted by Crippen LogP contribution is -2.42. The van der Waals surface area contributed by atoms with Crippen LogP contribution in [0.25, 0.3) is 0 Å². The fourth-order valence-electron chi connectivity index (χ4n) is 1.35. The Labute approximate surface area is 109 Å². The Kier molecular flexibility index (Phi) is 8.22. The van der Waals surface area contributed by atoms with Crippen LogP contribution in [-0.2, 0) is 9.59 Å². The molecule has 1 atom stereocenters. The van der Waals surface area contributed by atoms with E-state index in [1.807, 2.05) is 0 Å². The molecule has 0 spiro atoms. The van der Waals surface area contributed by atoms with E-state index in [9.17, 15) is 14.4 Å². The number of carboxylic acid groups (broad SMARTS) is 3. The molecular formula is C10H18N2O7. The molecule has 0 rings (SSSR count). The number of hydrogen-bond donors (Lipinski definition) is 5. The predicted molar refractivity (Wildman–Crippen MR) is 63.0 cm³/mol. The van der Waals surface area contributed by atoms with Gasteiger partial charge >= 0.3 is 18.0 Å². The van der Waals surface area contributed by atoms with Gasteiger partial charge in [-0.3, -0.25) is 9.59 Å². The Balaban J connectivity index is 4.06. The molecule has 110 valence electrons. The van der Waals surface area contributed by atoms with Gasteiger partial charge in [0.1, 0.15) is 0 Å². The van der Waals surface area contributed by atoms with Crippen LogP contribution in [0.2, 0.25) is 0 Å². The first-order valence-electron chi connectivity index (χ1n) is 5.62. The van der Waals surface area contributed by atoms with Gasteiger partial charge in [-0.15, -0.1) is 0 Å². The molecule has 0 saturated heterocycles. The number of nitrogens with zero attached hydrogens (tertiary/aromatic N) is 1. The smallest absolute Gasteiger partial charge is 0.407 e. The monoisotopic (exact) mass is 278 g/mol. The van der Waals surface area contributed by atoms with E-state index >= 15 is 0 Å². The molecule has 0 bridgehead atoms. The summed E-state index contributed by atoms with van der Waals surface area (Å²) in [6.45, 7) is -0.382. The van der Waals surface area contributed by atoms with Crippen LogP contribution in [0.1, 0.15) is 12.8 Å². The predicted octanol–water partition coefficient (Wildman–Crippen LogP) is -1.13. The average molecular weight is 278 g/mol. The molecule has 9 heteroatoms. The summed E-state index contributed by atoms with van der Waals surface area (Å²) in [5.74, 6) is -2.18. The molecule has 0 radical (unpaired) electrons. The van der Waals surface area contributed by atoms with E-state index in [0.717, 1.165) is 4.90 Å². The number of hydrogen-bond acceptors (Lipinski definition) is 5. The summed E-state index contributed by atoms with van der Waals surface area (Å²) in [5, 5.41) is 37.4. The zero-order valence-corrected chi connectivity index (χ0v) is 10.3. The standard InChI is InChI=1S/C10H18N2O7/c13-6-7(5-9(16)17)11-2-4-12(10(18)19)3-1-8(14)15/h7,11,13H,1-6H2,(H,14,15)(H,16,17)(H,18,19). The number of nitrogens with one attached hydrogen (secondary N) is 1. The quantitative estimate of drug-likeness (QED) is 0.337. The molecular weight excluding hydrogens is 260 g/mol. The number of carbonyl (C=O) groups is 3. The number of aliphatic hydroxyl groups excluding tert-OH is 1. The summed E-state index contributed by atoms with van der Waals surface area (Å²) in [6.07, 6.45) is -1.83. The minimum absolute atomic E-state index is 0.0126. The highest BCUT2D eigenvalue weighted by molar-refractivity contribution is 5.69. The van der Waals surface area contributed by atoms with E-state index in [4.69, 9.17) is 20.4 Å². The summed E-state index contributed by atoms with van der Waals surface area (Å²) >= 11 is 0. The largest absolute Gasteiger partial charge is 0.481 e. The molecule has 0 fully saturated rings. The SMILES string of the molecule is O=C(O)CCN(CCNC(CO)CC(=O)O)C(=O)O. The highest BCUT2D eigenvalue weighted by Crippen LogP contribution is 1.95. The van der Waals surface area contributed by atoms with Crippen molar-refractivity contribution in [3.63, 3.8) is 0 Å². The van der Waals surface area contributed by atoms with Crippen molar-refractivity contribution in [3.8, 4) is 0 Å². The molecule has 0 aliphatic heterocycles. The molecule has 9 nitrogen and oxygen atoms in total. The number of rotatable bonds is 10. The molecule has 0 aromatic heterocycles. The first kappa shape index (κ1) is 17.1. The van der Waals surface area contributed by atoms with E-state index in [-0.39, 0.29) is 39.1 Å². The fraction of sp³-hybridized carbons (Fsp3) is 0.700. The van der Waals surface area contributed by atoms with Crippen LogP contribution >= 0.6 is 0 Å². The minimum atomic E-state index is -1.25. The summed E-state index contributed by atoms with van der Waals surface area (Å²) in [4.78, 5) is 32.5. The van der Waals surface area contributed by atoms with Gasteiger partial charge in [0.25, 0.3) is 0 Å². The maximum Gasteiger partial charge on any atom is 0.407 e. The molecule has 0 aliphatic carbocycles. The first-order valence-corrected chi connectivity index (χ1v) is 5.62. The molecule has 0 aromatic rings. The van der Waals surface area contributed by atoms with Crippen LogP contribution in [0.15, 0.2) is 0 Å². The highest BCUT2D eigenvalue weighted by atomic mass is 16.4. The molecule has 0 aromatic carbocycles. The Morgan fingerprint density at radius 1 is 1.05 bits per heavy atom. The van der Waals surface area contributed by atoms with Crippen molar-refractivity contribution < 1.29 is 34.8 Å². The number of aliphatic hydroxyl groups is 1.